The van der Waals surface area contributed by atoms with Gasteiger partial charge in [0.05, 0.1) is 0 Å². The molecule has 2 N–H and O–H groups in total. The molecule has 1 atom stereocenters. The molecule has 2 heteroatoms. The van der Waals surface area contributed by atoms with E-state index in [1.165, 1.54) is 11.1 Å². The van der Waals surface area contributed by atoms with Crippen molar-refractivity contribution >= 4 is 0 Å². The van der Waals surface area contributed by atoms with Gasteiger partial charge in [-0.05, 0) is 35.1 Å². The highest BCUT2D eigenvalue weighted by atomic mass is 14.6. The predicted molar refractivity (Wildman–Crippen MR) is 76.2 cm³/mol. The summed E-state index contributed by atoms with van der Waals surface area (Å²) in [4.78, 5) is 4.14. The maximum absolute atomic E-state index is 6.09. The van der Waals surface area contributed by atoms with Crippen molar-refractivity contribution in [3.05, 3.63) is 54.4 Å². The lowest BCUT2D eigenvalue weighted by Crippen LogP contribution is -2.28. The van der Waals surface area contributed by atoms with E-state index in [-0.39, 0.29) is 6.04 Å². The van der Waals surface area contributed by atoms with Crippen molar-refractivity contribution < 1.29 is 0 Å². The molecule has 2 nitrogen and oxygen atoms in total. The Morgan fingerprint density at radius 3 is 2.33 bits per heavy atom. The van der Waals surface area contributed by atoms with Gasteiger partial charge in [-0.3, -0.25) is 4.98 Å². The average Bonchev–Trinajstić information content (AvgIpc) is 2.40. The lowest BCUT2D eigenvalue weighted by molar-refractivity contribution is 0.490. The second kappa shape index (κ2) is 5.78. The molecular weight excluding hydrogens is 220 g/mol. The molecule has 94 valence electrons. The Morgan fingerprint density at radius 1 is 1.06 bits per heavy atom. The van der Waals surface area contributed by atoms with Gasteiger partial charge in [0.15, 0.2) is 0 Å². The molecule has 0 aliphatic heterocycles. The zero-order chi connectivity index (χ0) is 13.0. The lowest BCUT2D eigenvalue weighted by atomic mass is 9.96. The van der Waals surface area contributed by atoms with Crippen LogP contribution in [0.25, 0.3) is 11.1 Å². The predicted octanol–water partition coefficient (Wildman–Crippen LogP) is 3.27. The van der Waals surface area contributed by atoms with Crippen LogP contribution < -0.4 is 5.73 Å². The minimum Gasteiger partial charge on any atom is -0.327 e. The van der Waals surface area contributed by atoms with Gasteiger partial charge in [-0.2, -0.15) is 0 Å². The summed E-state index contributed by atoms with van der Waals surface area (Å²) in [6.45, 7) is 4.32. The molecule has 0 aliphatic rings. The average molecular weight is 240 g/mol. The van der Waals surface area contributed by atoms with E-state index >= 15 is 0 Å². The van der Waals surface area contributed by atoms with E-state index in [2.05, 4.69) is 49.2 Å². The van der Waals surface area contributed by atoms with Crippen LogP contribution >= 0.6 is 0 Å². The van der Waals surface area contributed by atoms with Crippen molar-refractivity contribution in [2.45, 2.75) is 26.3 Å². The topological polar surface area (TPSA) is 38.9 Å². The van der Waals surface area contributed by atoms with Gasteiger partial charge >= 0.3 is 0 Å². The van der Waals surface area contributed by atoms with Crippen LogP contribution in [0.4, 0.5) is 0 Å². The molecule has 0 fully saturated rings. The Labute approximate surface area is 109 Å². The number of benzene rings is 1. The first kappa shape index (κ1) is 12.8. The minimum absolute atomic E-state index is 0.231. The van der Waals surface area contributed by atoms with Gasteiger partial charge in [0, 0.05) is 18.4 Å². The zero-order valence-electron chi connectivity index (χ0n) is 11.0. The summed E-state index contributed by atoms with van der Waals surface area (Å²) in [5.74, 6) is 0.517. The van der Waals surface area contributed by atoms with Crippen LogP contribution in [-0.4, -0.2) is 11.0 Å². The van der Waals surface area contributed by atoms with Crippen molar-refractivity contribution in [1.29, 1.82) is 0 Å². The lowest BCUT2D eigenvalue weighted by Gasteiger charge is -2.15. The molecule has 2 aromatic rings. The Bertz CT molecular complexity index is 474. The fourth-order valence-corrected chi connectivity index (χ4v) is 1.87. The molecule has 18 heavy (non-hydrogen) atoms. The van der Waals surface area contributed by atoms with Gasteiger partial charge in [-0.1, -0.05) is 44.2 Å². The van der Waals surface area contributed by atoms with Gasteiger partial charge in [-0.15, -0.1) is 0 Å². The number of nitrogens with zero attached hydrogens (tertiary/aromatic N) is 1. The number of nitrogens with two attached hydrogens (primary N) is 1. The molecule has 1 aromatic carbocycles. The van der Waals surface area contributed by atoms with Crippen LogP contribution in [0.15, 0.2) is 48.8 Å². The van der Waals surface area contributed by atoms with Crippen molar-refractivity contribution in [3.63, 3.8) is 0 Å². The highest BCUT2D eigenvalue weighted by Crippen LogP contribution is 2.19. The smallest absolute Gasteiger partial charge is 0.0346 e. The first-order chi connectivity index (χ1) is 8.66. The fraction of sp³-hybridized carbons (Fsp3) is 0.312. The quantitative estimate of drug-likeness (QED) is 0.890. The highest BCUT2D eigenvalue weighted by molar-refractivity contribution is 5.62. The van der Waals surface area contributed by atoms with Crippen LogP contribution in [0, 0.1) is 5.92 Å². The second-order valence-corrected chi connectivity index (χ2v) is 5.05. The molecular formula is C16H20N2. The Balaban J connectivity index is 2.11. The number of aromatic nitrogens is 1. The maximum Gasteiger partial charge on any atom is 0.0346 e. The third kappa shape index (κ3) is 3.17. The number of pyridine rings is 1. The Hall–Kier alpha value is -1.67. The first-order valence-corrected chi connectivity index (χ1v) is 6.41. The van der Waals surface area contributed by atoms with Crippen molar-refractivity contribution in [1.82, 2.24) is 4.98 Å². The summed E-state index contributed by atoms with van der Waals surface area (Å²) in [6, 6.07) is 12.8. The van der Waals surface area contributed by atoms with Crippen molar-refractivity contribution in [2.24, 2.45) is 11.7 Å². The van der Waals surface area contributed by atoms with E-state index in [0.29, 0.717) is 5.92 Å². The van der Waals surface area contributed by atoms with E-state index in [1.54, 1.807) is 6.20 Å². The molecule has 2 rings (SSSR count). The molecule has 0 spiro atoms. The molecule has 0 radical (unpaired) electrons. The third-order valence-electron chi connectivity index (χ3n) is 3.28. The molecule has 1 aromatic heterocycles. The van der Waals surface area contributed by atoms with Gasteiger partial charge in [-0.25, -0.2) is 0 Å². The Morgan fingerprint density at radius 2 is 1.78 bits per heavy atom. The third-order valence-corrected chi connectivity index (χ3v) is 3.28. The van der Waals surface area contributed by atoms with Gasteiger partial charge in [0.25, 0.3) is 0 Å². The largest absolute Gasteiger partial charge is 0.327 e. The van der Waals surface area contributed by atoms with E-state index in [1.807, 2.05) is 12.3 Å². The van der Waals surface area contributed by atoms with Crippen LogP contribution in [0.5, 0.6) is 0 Å². The second-order valence-electron chi connectivity index (χ2n) is 5.05. The molecule has 1 heterocycles. The molecule has 1 unspecified atom stereocenters. The SMILES string of the molecule is CC(C)C(N)Cc1ccc(-c2cccnc2)cc1. The zero-order valence-corrected chi connectivity index (χ0v) is 11.0. The number of hydrogen-bond acceptors (Lipinski definition) is 2. The number of rotatable bonds is 4. The van der Waals surface area contributed by atoms with Crippen LogP contribution in [0.1, 0.15) is 19.4 Å². The molecule has 0 bridgehead atoms. The summed E-state index contributed by atoms with van der Waals surface area (Å²) in [5, 5.41) is 0. The van der Waals surface area contributed by atoms with Crippen LogP contribution in [-0.2, 0) is 6.42 Å². The van der Waals surface area contributed by atoms with Crippen molar-refractivity contribution in [2.75, 3.05) is 0 Å². The minimum atomic E-state index is 0.231. The van der Waals surface area contributed by atoms with Gasteiger partial charge < -0.3 is 5.73 Å². The van der Waals surface area contributed by atoms with E-state index in [0.717, 1.165) is 12.0 Å². The standard InChI is InChI=1S/C16H20N2/c1-12(2)16(17)10-13-5-7-14(8-6-13)15-4-3-9-18-11-15/h3-9,11-12,16H,10,17H2,1-2H3. The number of hydrogen-bond donors (Lipinski definition) is 1. The monoisotopic (exact) mass is 240 g/mol. The summed E-state index contributed by atoms with van der Waals surface area (Å²) < 4.78 is 0. The van der Waals surface area contributed by atoms with E-state index in [9.17, 15) is 0 Å². The summed E-state index contributed by atoms with van der Waals surface area (Å²) >= 11 is 0. The molecule has 0 amide bonds. The van der Waals surface area contributed by atoms with Crippen LogP contribution in [0.2, 0.25) is 0 Å². The van der Waals surface area contributed by atoms with Crippen LogP contribution in [0.3, 0.4) is 0 Å². The fourth-order valence-electron chi connectivity index (χ4n) is 1.87. The summed E-state index contributed by atoms with van der Waals surface area (Å²) in [7, 11) is 0. The molecule has 0 aliphatic carbocycles. The first-order valence-electron chi connectivity index (χ1n) is 6.41. The Kier molecular flexibility index (Phi) is 4.11. The van der Waals surface area contributed by atoms with Gasteiger partial charge in [0.1, 0.15) is 0 Å². The molecule has 0 saturated heterocycles. The highest BCUT2D eigenvalue weighted by Gasteiger charge is 2.08. The van der Waals surface area contributed by atoms with E-state index in [4.69, 9.17) is 5.73 Å². The maximum atomic E-state index is 6.09. The van der Waals surface area contributed by atoms with Crippen molar-refractivity contribution in [3.8, 4) is 11.1 Å². The summed E-state index contributed by atoms with van der Waals surface area (Å²) in [6.07, 6.45) is 4.61. The van der Waals surface area contributed by atoms with Gasteiger partial charge in [0.2, 0.25) is 0 Å². The molecule has 0 saturated carbocycles. The van der Waals surface area contributed by atoms with E-state index < -0.39 is 0 Å². The summed E-state index contributed by atoms with van der Waals surface area (Å²) in [5.41, 5.74) is 9.73. The normalized spacial score (nSPS) is 12.7.